The van der Waals surface area contributed by atoms with Crippen molar-refractivity contribution in [2.45, 2.75) is 336 Å². The number of carboxylic acids is 1. The maximum Gasteiger partial charge on any atom is 0.333 e. The van der Waals surface area contributed by atoms with Crippen molar-refractivity contribution in [2.24, 2.45) is 11.8 Å². The number of hydrogen-bond acceptors (Lipinski definition) is 49. The van der Waals surface area contributed by atoms with Gasteiger partial charge in [0.2, 0.25) is 23.6 Å². The first-order valence-corrected chi connectivity index (χ1v) is 40.1. The number of methoxy groups -OCH3 is 2. The number of ether oxygens (including phenoxy) is 19. The third kappa shape index (κ3) is 22.5. The zero-order valence-corrected chi connectivity index (χ0v) is 68.8. The quantitative estimate of drug-likeness (QED) is 0.0287. The van der Waals surface area contributed by atoms with Crippen molar-refractivity contribution in [3.63, 3.8) is 0 Å². The molecule has 29 N–H and O–H groups in total. The summed E-state index contributed by atoms with van der Waals surface area (Å²) < 4.78 is 110. The van der Waals surface area contributed by atoms with E-state index in [0.717, 1.165) is 41.9 Å². The summed E-state index contributed by atoms with van der Waals surface area (Å²) in [6.07, 6.45) is -95.9. The largest absolute Gasteiger partial charge is 0.479 e. The number of carbonyl (C=O) groups is 8. The van der Waals surface area contributed by atoms with Crippen LogP contribution < -0.4 is 31.9 Å². The molecule has 0 aliphatic carbocycles. The van der Waals surface area contributed by atoms with E-state index in [-0.39, 0.29) is 6.29 Å². The van der Waals surface area contributed by atoms with E-state index in [9.17, 15) is 146 Å². The number of amides is 6. The van der Waals surface area contributed by atoms with Gasteiger partial charge in [0.15, 0.2) is 87.4 Å². The Kier molecular flexibility index (Phi) is 36.2. The molecule has 0 aromatic heterocycles. The number of aldehydes is 1. The van der Waals surface area contributed by atoms with Gasteiger partial charge in [-0.3, -0.25) is 28.8 Å². The van der Waals surface area contributed by atoms with Gasteiger partial charge in [0.05, 0.1) is 38.6 Å². The summed E-state index contributed by atoms with van der Waals surface area (Å²) in [5, 5.41) is 274. The molecule has 56 heteroatoms. The van der Waals surface area contributed by atoms with Crippen molar-refractivity contribution in [3.05, 3.63) is 0 Å². The molecule has 0 aromatic carbocycles. The van der Waals surface area contributed by atoms with Crippen molar-refractivity contribution in [1.29, 1.82) is 0 Å². The highest BCUT2D eigenvalue weighted by Crippen LogP contribution is 2.41. The number of carbonyl (C=O) groups excluding carboxylic acids is 7. The highest BCUT2D eigenvalue weighted by molar-refractivity contribution is 5.83. The van der Waals surface area contributed by atoms with Gasteiger partial charge >= 0.3 is 5.97 Å². The molecule has 10 heterocycles. The van der Waals surface area contributed by atoms with Gasteiger partial charge in [-0.1, -0.05) is 13.8 Å². The van der Waals surface area contributed by atoms with Gasteiger partial charge in [0.1, 0.15) is 201 Å². The predicted molar refractivity (Wildman–Crippen MR) is 391 cm³/mol. The van der Waals surface area contributed by atoms with Crippen LogP contribution >= 0.6 is 0 Å². The minimum Gasteiger partial charge on any atom is -0.479 e. The summed E-state index contributed by atoms with van der Waals surface area (Å²) in [5.74, 6) is -10.9. The van der Waals surface area contributed by atoms with Crippen LogP contribution in [0.25, 0.3) is 0 Å². The number of aliphatic carboxylic acids is 1. The number of aliphatic hydroxyl groups is 22. The van der Waals surface area contributed by atoms with E-state index in [4.69, 9.17) is 90.0 Å². The Morgan fingerprint density at radius 3 is 0.961 bits per heavy atom. The second-order valence-corrected chi connectivity index (χ2v) is 32.0. The molecule has 127 heavy (non-hydrogen) atoms. The Morgan fingerprint density at radius 1 is 0.299 bits per heavy atom. The second-order valence-electron chi connectivity index (χ2n) is 32.0. The molecule has 20 unspecified atom stereocenters. The molecule has 0 aromatic rings. The molecule has 0 saturated carbocycles. The highest BCUT2D eigenvalue weighted by Gasteiger charge is 2.63. The Hall–Kier alpha value is -5.68. The Labute approximate surface area is 718 Å². The first-order chi connectivity index (χ1) is 59.9. The van der Waals surface area contributed by atoms with Gasteiger partial charge in [0, 0.05) is 60.3 Å². The first-order valence-electron chi connectivity index (χ1n) is 40.1. The van der Waals surface area contributed by atoms with E-state index in [2.05, 4.69) is 31.9 Å². The summed E-state index contributed by atoms with van der Waals surface area (Å²) in [7, 11) is 2.15. The molecule has 0 spiro atoms. The third-order valence-electron chi connectivity index (χ3n) is 23.3. The van der Waals surface area contributed by atoms with E-state index < -0.39 is 381 Å². The van der Waals surface area contributed by atoms with Crippen LogP contribution in [-0.4, -0.2) is 507 Å². The van der Waals surface area contributed by atoms with Crippen LogP contribution in [-0.2, 0) is 128 Å². The standard InChI is InChI=1S/C71H114N6O50/c1-15-22(10-78)112-66(43(99)31(15)87)118-52-29(75-19(5)85)64(115-25(13-81)36(52)92)122-54-40(96)47(103)69(119-50-27(73-17(3)83)62(109-7)113-23(11-79)34(50)90)124-56(54)58(105)72-9-21-33(89)38(94)45(101)67(111-21)127-71-46(102)39(95)42(98)60(126-71)77-59(106)57-55(41(97)48(104)70(125-57)120-51-28(74-18(4)84)63(110-8)114-24(12-80)35(51)91)123-65-30(76-20(6)86)53(37(93)26(14-82)116-65)121-68-44(100)32(88)16(2)49(117-68)61(107)108/h10,15-16,21-57,60,62-71,79-82,87-104H,9,11-14H2,1-8H3,(H,72,105)(H,73,83)(H,74,84)(H,75,85)(H,76,86)(H,77,106)(H,107,108)/t15-,16+,21?,22?,23?,24?,25?,26?,27?,28?,29?,30?,31+,32+,33-,34-,35-,36-,37-,38+,39+,40-,41-,42+,43?,44?,45?,46?,47?,48?,49?,50-,51-,52-,53-,54+,55+,56?,57?,60?,62-,63-,64+,65+,66+,67-,68+,69-,70-,71-/m1/s1. The lowest BCUT2D eigenvalue weighted by atomic mass is 9.90. The molecule has 56 nitrogen and oxygen atoms in total. The zero-order chi connectivity index (χ0) is 93.8. The molecule has 6 amide bonds. The van der Waals surface area contributed by atoms with E-state index >= 15 is 9.59 Å². The molecule has 10 rings (SSSR count). The lowest BCUT2D eigenvalue weighted by molar-refractivity contribution is -0.376. The highest BCUT2D eigenvalue weighted by atomic mass is 16.8. The molecule has 50 atom stereocenters. The third-order valence-corrected chi connectivity index (χ3v) is 23.3. The van der Waals surface area contributed by atoms with Crippen molar-refractivity contribution >= 4 is 47.7 Å². The summed E-state index contributed by atoms with van der Waals surface area (Å²) in [5.41, 5.74) is 0. The van der Waals surface area contributed by atoms with Gasteiger partial charge in [-0.2, -0.15) is 0 Å². The Morgan fingerprint density at radius 2 is 0.598 bits per heavy atom. The fraction of sp³-hybridized carbons (Fsp3) is 0.887. The SMILES string of the molecule is CO[C@@H]1OC(CO)[C@@H](O)[C@H](O[C@@H]2OC(C(=O)NCC3O[C@H](O[C@H]4OC(NC(=O)C5O[C@@H](O[C@@H]6C(NC(C)=O)[C@H](OC)OC(CO)[C@H]6O)C(O)[C@@H](O)[C@@H]5O[C@@H]5OC(CO)[C@@H](O)[C@H](O[C@@H]6OC(C(=O)O)[C@@H](C)[C@H](O)C6O)C5NC(C)=O)[C@@H](O)[C@H](O)C4O)C(O)[C@@H](O)[C@@H]3O)[C@@H](O[C@@H]3OC(CO)[C@@H](O)[C@H](O[C@@H]4OC(C=O)[C@@H](C)[C@H](O)C4O)C3NC(C)=O)[C@H](O)C2O)C1NC(C)=O. The van der Waals surface area contributed by atoms with Crippen LogP contribution in [0.15, 0.2) is 0 Å². The summed E-state index contributed by atoms with van der Waals surface area (Å²) in [6, 6.07) is -7.19. The maximum absolute atomic E-state index is 15.3. The summed E-state index contributed by atoms with van der Waals surface area (Å²) in [6.45, 7) is 0.963. The molecular formula is C71H114N6O50. The Balaban J connectivity index is 0.933. The van der Waals surface area contributed by atoms with Gasteiger partial charge in [-0.15, -0.1) is 0 Å². The van der Waals surface area contributed by atoms with E-state index in [1.54, 1.807) is 0 Å². The summed E-state index contributed by atoms with van der Waals surface area (Å²) >= 11 is 0. The van der Waals surface area contributed by atoms with Gasteiger partial charge in [0.25, 0.3) is 11.8 Å². The van der Waals surface area contributed by atoms with Crippen molar-refractivity contribution in [3.8, 4) is 0 Å². The minimum absolute atomic E-state index is 0.262. The number of hydrogen-bond donors (Lipinski definition) is 29. The Bertz CT molecular complexity index is 3640. The molecular weight excluding hydrogens is 1740 g/mol. The fourth-order valence-corrected chi connectivity index (χ4v) is 16.3. The van der Waals surface area contributed by atoms with Crippen LogP contribution in [0.4, 0.5) is 0 Å². The second kappa shape index (κ2) is 44.4. The van der Waals surface area contributed by atoms with E-state index in [0.29, 0.717) is 0 Å². The molecule has 10 fully saturated rings. The number of nitrogens with one attached hydrogen (secondary N) is 6. The molecule has 10 aliphatic rings. The lowest BCUT2D eigenvalue weighted by Gasteiger charge is -2.50. The summed E-state index contributed by atoms with van der Waals surface area (Å²) in [4.78, 5) is 106. The number of aliphatic hydroxyl groups excluding tert-OH is 22. The average molecular weight is 1850 g/mol. The topological polar surface area (TPSA) is 849 Å². The average Bonchev–Trinajstić information content (AvgIpc) is 0.763. The van der Waals surface area contributed by atoms with Gasteiger partial charge < -0.3 is 244 Å². The zero-order valence-electron chi connectivity index (χ0n) is 68.8. The molecule has 0 radical (unpaired) electrons. The lowest BCUT2D eigenvalue weighted by Crippen LogP contribution is -2.71. The van der Waals surface area contributed by atoms with E-state index in [1.165, 1.54) is 13.8 Å². The normalized spacial score (nSPS) is 48.0. The van der Waals surface area contributed by atoms with Crippen LogP contribution in [0.2, 0.25) is 0 Å². The van der Waals surface area contributed by atoms with E-state index in [1.807, 2.05) is 0 Å². The van der Waals surface area contributed by atoms with Crippen molar-refractivity contribution in [1.82, 2.24) is 31.9 Å². The first kappa shape index (κ1) is 103. The molecule has 10 aliphatic heterocycles. The van der Waals surface area contributed by atoms with Crippen LogP contribution in [0.5, 0.6) is 0 Å². The number of rotatable bonds is 31. The minimum atomic E-state index is -2.66. The molecule has 0 bridgehead atoms. The predicted octanol–water partition coefficient (Wildman–Crippen LogP) is -19.9. The van der Waals surface area contributed by atoms with Crippen molar-refractivity contribution < 1.29 is 246 Å². The molecule has 728 valence electrons. The van der Waals surface area contributed by atoms with Gasteiger partial charge in [-0.05, 0) is 0 Å². The maximum atomic E-state index is 15.3. The van der Waals surface area contributed by atoms with Gasteiger partial charge in [-0.25, -0.2) is 4.79 Å². The number of carboxylic acid groups (broad SMARTS) is 1. The fourth-order valence-electron chi connectivity index (χ4n) is 16.3. The smallest absolute Gasteiger partial charge is 0.333 e. The monoisotopic (exact) mass is 1850 g/mol. The van der Waals surface area contributed by atoms with Crippen LogP contribution in [0.1, 0.15) is 41.5 Å². The van der Waals surface area contributed by atoms with Crippen LogP contribution in [0.3, 0.4) is 0 Å². The van der Waals surface area contributed by atoms with Crippen molar-refractivity contribution in [2.75, 3.05) is 47.2 Å². The van der Waals surface area contributed by atoms with Crippen LogP contribution in [0, 0.1) is 11.8 Å². The molecule has 10 saturated heterocycles.